The summed E-state index contributed by atoms with van der Waals surface area (Å²) in [4.78, 5) is 35.7. The lowest BCUT2D eigenvalue weighted by molar-refractivity contribution is 0.261. The molecule has 0 aliphatic carbocycles. The molecule has 0 saturated heterocycles. The molecule has 4 heterocycles. The van der Waals surface area contributed by atoms with Crippen LogP contribution in [0, 0.1) is 0 Å². The van der Waals surface area contributed by atoms with E-state index >= 15 is 0 Å². The number of benzene rings is 4. The molecule has 0 unspecified atom stereocenters. The number of ether oxygens (including phenoxy) is 2. The standard InChI is InChI=1S/C22H22ClN5O2.C22H20ClN5O2/c2*1-30-20-6-5-15(23)12-18(20)27-22(29)26-17-3-2-4-19-16(17)8-10-28(19)13-14-7-9-25-21(24)11-14/h2-7,9,11-12H,8,10,13H2,1H3,(H2,24,25)(H2,26,27,29);2-12H,13H2,1H3,(H2,24,25)(H2,26,27,29)/i2*1D3. The van der Waals surface area contributed by atoms with Crippen LogP contribution in [-0.4, -0.2) is 47.2 Å². The van der Waals surface area contributed by atoms with Crippen LogP contribution in [0.15, 0.2) is 122 Å². The number of hydrogen-bond acceptors (Lipinski definition) is 9. The van der Waals surface area contributed by atoms with Crippen molar-refractivity contribution in [2.75, 3.05) is 58.3 Å². The summed E-state index contributed by atoms with van der Waals surface area (Å²) in [7, 11) is -5.33. The van der Waals surface area contributed by atoms with Crippen LogP contribution < -0.4 is 47.1 Å². The number of urea groups is 2. The lowest BCUT2D eigenvalue weighted by Crippen LogP contribution is -2.21. The molecule has 4 aromatic carbocycles. The zero-order valence-electron chi connectivity index (χ0n) is 37.7. The summed E-state index contributed by atoms with van der Waals surface area (Å²) < 4.78 is 55.8. The van der Waals surface area contributed by atoms with Crippen molar-refractivity contribution in [3.8, 4) is 11.5 Å². The maximum Gasteiger partial charge on any atom is 0.323 e. The molecule has 0 atom stereocenters. The largest absolute Gasteiger partial charge is 0.495 e. The van der Waals surface area contributed by atoms with E-state index in [1.165, 1.54) is 36.4 Å². The fraction of sp³-hybridized carbons (Fsp3) is 0.136. The molecule has 8 N–H and O–H groups in total. The van der Waals surface area contributed by atoms with Crippen molar-refractivity contribution in [3.63, 3.8) is 0 Å². The van der Waals surface area contributed by atoms with E-state index in [4.69, 9.17) is 52.4 Å². The number of hydrogen-bond donors (Lipinski definition) is 6. The van der Waals surface area contributed by atoms with E-state index in [2.05, 4.69) is 36.1 Å². The Balaban J connectivity index is 0.000000196. The molecule has 0 saturated carbocycles. The molecular weight excluding hydrogens is 803 g/mol. The van der Waals surface area contributed by atoms with E-state index in [1.807, 2.05) is 71.4 Å². The van der Waals surface area contributed by atoms with Crippen molar-refractivity contribution in [1.82, 2.24) is 14.5 Å². The second-order valence-corrected chi connectivity index (χ2v) is 14.4. The average molecular weight is 852 g/mol. The lowest BCUT2D eigenvalue weighted by Gasteiger charge is -2.20. The Hall–Kier alpha value is -7.16. The topological polar surface area (TPSA) is 187 Å². The Bertz CT molecular complexity index is 2900. The first-order valence-electron chi connectivity index (χ1n) is 21.3. The van der Waals surface area contributed by atoms with Crippen LogP contribution in [0.2, 0.25) is 10.0 Å². The van der Waals surface area contributed by atoms with Gasteiger partial charge >= 0.3 is 12.1 Å². The molecule has 4 amide bonds. The molecule has 1 aliphatic rings. The number of halogens is 2. The predicted molar refractivity (Wildman–Crippen MR) is 241 cm³/mol. The number of anilines is 7. The second-order valence-electron chi connectivity index (χ2n) is 13.5. The van der Waals surface area contributed by atoms with Gasteiger partial charge in [0.25, 0.3) is 0 Å². The Morgan fingerprint density at radius 1 is 0.700 bits per heavy atom. The Morgan fingerprint density at radius 3 is 1.88 bits per heavy atom. The van der Waals surface area contributed by atoms with Crippen LogP contribution in [0.1, 0.15) is 24.9 Å². The van der Waals surface area contributed by atoms with E-state index < -0.39 is 26.1 Å². The van der Waals surface area contributed by atoms with E-state index in [0.717, 1.165) is 46.2 Å². The number of nitrogen functional groups attached to an aromatic ring is 2. The first-order chi connectivity index (χ1) is 31.4. The third-order valence-corrected chi connectivity index (χ3v) is 9.92. The van der Waals surface area contributed by atoms with Crippen LogP contribution in [0.3, 0.4) is 0 Å². The summed E-state index contributed by atoms with van der Waals surface area (Å²) in [6, 6.07) is 28.1. The number of rotatable bonds is 10. The lowest BCUT2D eigenvalue weighted by atomic mass is 10.1. The molecule has 0 fully saturated rings. The molecule has 0 spiro atoms. The van der Waals surface area contributed by atoms with Gasteiger partial charge in [-0.1, -0.05) is 35.3 Å². The summed E-state index contributed by atoms with van der Waals surface area (Å²) in [5, 5.41) is 12.4. The molecule has 0 bridgehead atoms. The number of carbonyl (C=O) groups excluding carboxylic acids is 2. The minimum absolute atomic E-state index is 0.00404. The Labute approximate surface area is 364 Å². The zero-order valence-corrected chi connectivity index (χ0v) is 33.2. The SMILES string of the molecule is [2H]C([2H])([2H])Oc1ccc(Cl)cc1NC(=O)Nc1cccc2c1CCN2Cc1ccnc(N)c1.[2H]C([2H])([2H])Oc1ccc(Cl)cc1NC(=O)Nc1cccc2c1ccn2Cc1ccnc(N)c1. The maximum absolute atomic E-state index is 12.7. The van der Waals surface area contributed by atoms with Gasteiger partial charge in [0.05, 0.1) is 44.9 Å². The summed E-state index contributed by atoms with van der Waals surface area (Å²) in [6.07, 6.45) is 6.03. The molecule has 14 nitrogen and oxygen atoms in total. The van der Waals surface area contributed by atoms with Crippen LogP contribution in [0.4, 0.5) is 49.7 Å². The number of pyridine rings is 2. The quantitative estimate of drug-likeness (QED) is 0.0779. The van der Waals surface area contributed by atoms with Gasteiger partial charge in [0, 0.05) is 70.6 Å². The van der Waals surface area contributed by atoms with Gasteiger partial charge < -0.3 is 51.7 Å². The first-order valence-corrected chi connectivity index (χ1v) is 19.1. The third kappa shape index (κ3) is 9.92. The van der Waals surface area contributed by atoms with Crippen molar-refractivity contribution >= 4 is 86.2 Å². The minimum atomic E-state index is -2.67. The zero-order chi connectivity index (χ0) is 47.2. The number of carbonyl (C=O) groups is 2. The first kappa shape index (κ1) is 33.8. The monoisotopic (exact) mass is 850 g/mol. The minimum Gasteiger partial charge on any atom is -0.495 e. The summed E-state index contributed by atoms with van der Waals surface area (Å²) in [6.45, 7) is 2.06. The Morgan fingerprint density at radius 2 is 1.27 bits per heavy atom. The van der Waals surface area contributed by atoms with Gasteiger partial charge in [-0.2, -0.15) is 0 Å². The number of amides is 4. The summed E-state index contributed by atoms with van der Waals surface area (Å²) in [5.41, 5.74) is 18.1. The van der Waals surface area contributed by atoms with Gasteiger partial charge in [-0.25, -0.2) is 19.6 Å². The predicted octanol–water partition coefficient (Wildman–Crippen LogP) is 9.51. The van der Waals surface area contributed by atoms with Gasteiger partial charge in [-0.3, -0.25) is 0 Å². The Kier molecular flexibility index (Phi) is 10.5. The number of fused-ring (bicyclic) bond motifs is 2. The van der Waals surface area contributed by atoms with E-state index in [-0.39, 0.29) is 22.9 Å². The highest BCUT2D eigenvalue weighted by molar-refractivity contribution is 6.31. The maximum atomic E-state index is 12.7. The van der Waals surface area contributed by atoms with Crippen LogP contribution in [0.25, 0.3) is 10.9 Å². The molecule has 3 aromatic heterocycles. The van der Waals surface area contributed by atoms with E-state index in [1.54, 1.807) is 18.5 Å². The van der Waals surface area contributed by atoms with Crippen molar-refractivity contribution in [3.05, 3.63) is 148 Å². The molecule has 8 rings (SSSR count). The van der Waals surface area contributed by atoms with Gasteiger partial charge in [-0.05, 0) is 109 Å². The number of methoxy groups -OCH3 is 2. The highest BCUT2D eigenvalue weighted by atomic mass is 35.5. The number of nitrogens with two attached hydrogens (primary N) is 2. The smallest absolute Gasteiger partial charge is 0.323 e. The summed E-state index contributed by atoms with van der Waals surface area (Å²) in [5.74, 6) is 0.902. The van der Waals surface area contributed by atoms with Gasteiger partial charge in [0.1, 0.15) is 23.1 Å². The molecule has 306 valence electrons. The van der Waals surface area contributed by atoms with Gasteiger partial charge in [0.15, 0.2) is 0 Å². The van der Waals surface area contributed by atoms with Gasteiger partial charge in [0.2, 0.25) is 0 Å². The van der Waals surface area contributed by atoms with E-state index in [9.17, 15) is 9.59 Å². The molecule has 1 aliphatic heterocycles. The van der Waals surface area contributed by atoms with Crippen molar-refractivity contribution in [2.45, 2.75) is 19.5 Å². The average Bonchev–Trinajstić information content (AvgIpc) is 3.84. The molecule has 16 heteroatoms. The van der Waals surface area contributed by atoms with Crippen molar-refractivity contribution in [1.29, 1.82) is 0 Å². The van der Waals surface area contributed by atoms with Crippen molar-refractivity contribution < 1.29 is 27.3 Å². The number of nitrogens with one attached hydrogen (secondary N) is 4. The van der Waals surface area contributed by atoms with Crippen LogP contribution in [0.5, 0.6) is 11.5 Å². The van der Waals surface area contributed by atoms with Gasteiger partial charge in [-0.15, -0.1) is 0 Å². The third-order valence-electron chi connectivity index (χ3n) is 9.45. The van der Waals surface area contributed by atoms with Crippen LogP contribution in [-0.2, 0) is 19.5 Å². The fourth-order valence-corrected chi connectivity index (χ4v) is 7.13. The molecule has 60 heavy (non-hydrogen) atoms. The highest BCUT2D eigenvalue weighted by Crippen LogP contribution is 2.35. The normalized spacial score (nSPS) is 13.5. The number of aromatic nitrogens is 3. The number of nitrogens with zero attached hydrogens (tertiary/aromatic N) is 4. The van der Waals surface area contributed by atoms with Crippen molar-refractivity contribution in [2.24, 2.45) is 0 Å². The van der Waals surface area contributed by atoms with Crippen LogP contribution >= 0.6 is 23.2 Å². The highest BCUT2D eigenvalue weighted by Gasteiger charge is 2.23. The fourth-order valence-electron chi connectivity index (χ4n) is 6.78. The summed E-state index contributed by atoms with van der Waals surface area (Å²) >= 11 is 12.0. The molecular formula is C44H42Cl2N10O4. The molecule has 7 aromatic rings. The second kappa shape index (κ2) is 18.6. The van der Waals surface area contributed by atoms with E-state index in [0.29, 0.717) is 46.1 Å². The molecule has 0 radical (unpaired) electrons.